The highest BCUT2D eigenvalue weighted by Gasteiger charge is 2.20. The quantitative estimate of drug-likeness (QED) is 0.745. The zero-order chi connectivity index (χ0) is 14.3. The third-order valence-electron chi connectivity index (χ3n) is 4.19. The van der Waals surface area contributed by atoms with Crippen LogP contribution in [0.4, 0.5) is 0 Å². The summed E-state index contributed by atoms with van der Waals surface area (Å²) in [5, 5.41) is 3.12. The molecule has 3 nitrogen and oxygen atoms in total. The third-order valence-corrected chi connectivity index (χ3v) is 4.19. The number of nitrogens with two attached hydrogens (primary N) is 1. The summed E-state index contributed by atoms with van der Waals surface area (Å²) in [4.78, 5) is 11.9. The molecule has 112 valence electrons. The molecule has 0 aliphatic heterocycles. The van der Waals surface area contributed by atoms with Gasteiger partial charge in [-0.05, 0) is 50.9 Å². The van der Waals surface area contributed by atoms with E-state index in [0.29, 0.717) is 30.3 Å². The van der Waals surface area contributed by atoms with Gasteiger partial charge in [0.25, 0.3) is 0 Å². The molecular formula is C16H32N2O. The molecule has 0 spiro atoms. The molecule has 0 heterocycles. The van der Waals surface area contributed by atoms with Crippen LogP contribution in [0.5, 0.6) is 0 Å². The van der Waals surface area contributed by atoms with Gasteiger partial charge in [0.15, 0.2) is 0 Å². The lowest BCUT2D eigenvalue weighted by atomic mass is 9.83. The first-order chi connectivity index (χ1) is 8.97. The smallest absolute Gasteiger partial charge is 0.220 e. The Labute approximate surface area is 118 Å². The molecule has 1 rings (SSSR count). The molecule has 1 amide bonds. The minimum atomic E-state index is 0.218. The lowest BCUT2D eigenvalue weighted by Crippen LogP contribution is -2.33. The summed E-state index contributed by atoms with van der Waals surface area (Å²) in [6.45, 7) is 6.55. The van der Waals surface area contributed by atoms with Crippen molar-refractivity contribution in [1.82, 2.24) is 5.32 Å². The maximum atomic E-state index is 11.9. The first kappa shape index (κ1) is 16.5. The lowest BCUT2D eigenvalue weighted by Gasteiger charge is -2.26. The van der Waals surface area contributed by atoms with Crippen LogP contribution >= 0.6 is 0 Å². The second kappa shape index (κ2) is 8.57. The zero-order valence-corrected chi connectivity index (χ0v) is 13.0. The molecular weight excluding hydrogens is 236 g/mol. The van der Waals surface area contributed by atoms with Crippen molar-refractivity contribution in [2.24, 2.45) is 17.6 Å². The molecule has 3 heteroatoms. The molecule has 0 aromatic rings. The predicted molar refractivity (Wildman–Crippen MR) is 80.8 cm³/mol. The number of nitrogens with one attached hydrogen (secondary N) is 1. The van der Waals surface area contributed by atoms with Crippen LogP contribution in [0.15, 0.2) is 0 Å². The second-order valence-corrected chi connectivity index (χ2v) is 6.77. The van der Waals surface area contributed by atoms with E-state index in [9.17, 15) is 4.79 Å². The molecule has 3 unspecified atom stereocenters. The fourth-order valence-corrected chi connectivity index (χ4v) is 2.93. The van der Waals surface area contributed by atoms with E-state index in [4.69, 9.17) is 5.73 Å². The predicted octanol–water partition coefficient (Wildman–Crippen LogP) is 3.23. The number of hydrogen-bond acceptors (Lipinski definition) is 2. The van der Waals surface area contributed by atoms with Crippen LogP contribution in [0.1, 0.15) is 72.1 Å². The maximum Gasteiger partial charge on any atom is 0.220 e. The molecule has 1 fully saturated rings. The minimum absolute atomic E-state index is 0.218. The van der Waals surface area contributed by atoms with Crippen LogP contribution in [0.25, 0.3) is 0 Å². The normalized spacial score (nSPS) is 25.3. The van der Waals surface area contributed by atoms with Gasteiger partial charge in [0.2, 0.25) is 5.91 Å². The fourth-order valence-electron chi connectivity index (χ4n) is 2.93. The average Bonchev–Trinajstić information content (AvgIpc) is 2.34. The molecule has 1 saturated carbocycles. The minimum Gasteiger partial charge on any atom is -0.354 e. The van der Waals surface area contributed by atoms with Gasteiger partial charge in [-0.1, -0.05) is 26.7 Å². The van der Waals surface area contributed by atoms with Gasteiger partial charge in [0, 0.05) is 18.5 Å². The van der Waals surface area contributed by atoms with Crippen LogP contribution in [-0.2, 0) is 4.79 Å². The Bertz CT molecular complexity index is 265. The van der Waals surface area contributed by atoms with E-state index in [1.165, 1.54) is 19.3 Å². The summed E-state index contributed by atoms with van der Waals surface area (Å²) in [5.74, 6) is 1.60. The van der Waals surface area contributed by atoms with E-state index >= 15 is 0 Å². The lowest BCUT2D eigenvalue weighted by molar-refractivity contribution is -0.122. The van der Waals surface area contributed by atoms with E-state index in [1.54, 1.807) is 0 Å². The van der Waals surface area contributed by atoms with Gasteiger partial charge < -0.3 is 11.1 Å². The SMILES string of the molecule is CC(C)CCC(C)NC(=O)CCC1CCCC(N)C1. The Hall–Kier alpha value is -0.570. The van der Waals surface area contributed by atoms with Crippen molar-refractivity contribution < 1.29 is 4.79 Å². The van der Waals surface area contributed by atoms with Crippen LogP contribution in [0.3, 0.4) is 0 Å². The molecule has 0 saturated heterocycles. The van der Waals surface area contributed by atoms with Gasteiger partial charge in [-0.3, -0.25) is 4.79 Å². The molecule has 0 aromatic carbocycles. The standard InChI is InChI=1S/C16H32N2O/c1-12(2)7-8-13(3)18-16(19)10-9-14-5-4-6-15(17)11-14/h12-15H,4-11,17H2,1-3H3,(H,18,19). The Morgan fingerprint density at radius 3 is 2.63 bits per heavy atom. The summed E-state index contributed by atoms with van der Waals surface area (Å²) in [6, 6.07) is 0.676. The third kappa shape index (κ3) is 7.56. The van der Waals surface area contributed by atoms with E-state index in [0.717, 1.165) is 25.7 Å². The summed E-state index contributed by atoms with van der Waals surface area (Å²) in [5.41, 5.74) is 5.98. The van der Waals surface area contributed by atoms with E-state index in [2.05, 4.69) is 26.1 Å². The first-order valence-electron chi connectivity index (χ1n) is 8.02. The molecule has 3 atom stereocenters. The van der Waals surface area contributed by atoms with Crippen molar-refractivity contribution in [3.63, 3.8) is 0 Å². The Morgan fingerprint density at radius 1 is 1.26 bits per heavy atom. The van der Waals surface area contributed by atoms with E-state index in [-0.39, 0.29) is 5.91 Å². The van der Waals surface area contributed by atoms with Crippen molar-refractivity contribution in [2.75, 3.05) is 0 Å². The highest BCUT2D eigenvalue weighted by atomic mass is 16.1. The highest BCUT2D eigenvalue weighted by Crippen LogP contribution is 2.26. The Morgan fingerprint density at radius 2 is 2.00 bits per heavy atom. The molecule has 19 heavy (non-hydrogen) atoms. The van der Waals surface area contributed by atoms with Gasteiger partial charge in [-0.15, -0.1) is 0 Å². The van der Waals surface area contributed by atoms with Crippen molar-refractivity contribution in [1.29, 1.82) is 0 Å². The summed E-state index contributed by atoms with van der Waals surface area (Å²) < 4.78 is 0. The maximum absolute atomic E-state index is 11.9. The largest absolute Gasteiger partial charge is 0.354 e. The van der Waals surface area contributed by atoms with E-state index in [1.807, 2.05) is 0 Å². The monoisotopic (exact) mass is 268 g/mol. The molecule has 3 N–H and O–H groups in total. The first-order valence-corrected chi connectivity index (χ1v) is 8.02. The van der Waals surface area contributed by atoms with Crippen molar-refractivity contribution >= 4 is 5.91 Å². The number of hydrogen-bond donors (Lipinski definition) is 2. The number of carbonyl (C=O) groups is 1. The molecule has 0 aromatic heterocycles. The van der Waals surface area contributed by atoms with Gasteiger partial charge in [-0.2, -0.15) is 0 Å². The highest BCUT2D eigenvalue weighted by molar-refractivity contribution is 5.76. The number of amides is 1. The molecule has 1 aliphatic rings. The van der Waals surface area contributed by atoms with E-state index < -0.39 is 0 Å². The van der Waals surface area contributed by atoms with Gasteiger partial charge >= 0.3 is 0 Å². The van der Waals surface area contributed by atoms with Crippen molar-refractivity contribution in [2.45, 2.75) is 84.2 Å². The Kier molecular flexibility index (Phi) is 7.44. The molecule has 0 radical (unpaired) electrons. The average molecular weight is 268 g/mol. The topological polar surface area (TPSA) is 55.1 Å². The fraction of sp³-hybridized carbons (Fsp3) is 0.938. The Balaban J connectivity index is 2.13. The van der Waals surface area contributed by atoms with Crippen molar-refractivity contribution in [3.8, 4) is 0 Å². The summed E-state index contributed by atoms with van der Waals surface area (Å²) in [6.07, 6.45) is 8.70. The second-order valence-electron chi connectivity index (χ2n) is 6.77. The zero-order valence-electron chi connectivity index (χ0n) is 13.0. The molecule has 0 bridgehead atoms. The van der Waals surface area contributed by atoms with Gasteiger partial charge in [0.1, 0.15) is 0 Å². The van der Waals surface area contributed by atoms with Gasteiger partial charge in [0.05, 0.1) is 0 Å². The number of rotatable bonds is 7. The van der Waals surface area contributed by atoms with Crippen LogP contribution in [-0.4, -0.2) is 18.0 Å². The van der Waals surface area contributed by atoms with Crippen LogP contribution in [0.2, 0.25) is 0 Å². The van der Waals surface area contributed by atoms with Crippen LogP contribution in [0, 0.1) is 11.8 Å². The van der Waals surface area contributed by atoms with Gasteiger partial charge in [-0.25, -0.2) is 0 Å². The van der Waals surface area contributed by atoms with Crippen LogP contribution < -0.4 is 11.1 Å². The van der Waals surface area contributed by atoms with Crippen molar-refractivity contribution in [3.05, 3.63) is 0 Å². The molecule has 1 aliphatic carbocycles. The summed E-state index contributed by atoms with van der Waals surface area (Å²) in [7, 11) is 0. The number of carbonyl (C=O) groups excluding carboxylic acids is 1. The summed E-state index contributed by atoms with van der Waals surface area (Å²) >= 11 is 0.